The van der Waals surface area contributed by atoms with E-state index in [-0.39, 0.29) is 0 Å². The lowest BCUT2D eigenvalue weighted by molar-refractivity contribution is -0.144. The van der Waals surface area contributed by atoms with E-state index in [9.17, 15) is 14.7 Å². The van der Waals surface area contributed by atoms with Gasteiger partial charge in [-0.2, -0.15) is 0 Å². The zero-order valence-corrected chi connectivity index (χ0v) is 9.79. The van der Waals surface area contributed by atoms with Gasteiger partial charge in [0.2, 0.25) is 0 Å². The lowest BCUT2D eigenvalue weighted by Gasteiger charge is -2.24. The number of carbonyl (C=O) groups excluding carboxylic acids is 1. The molecule has 1 aromatic heterocycles. The summed E-state index contributed by atoms with van der Waals surface area (Å²) in [5.74, 6) is -0.979. The molecule has 1 aromatic rings. The first-order valence-electron chi connectivity index (χ1n) is 5.22. The quantitative estimate of drug-likeness (QED) is 0.750. The minimum Gasteiger partial charge on any atom is -0.480 e. The molecule has 17 heavy (non-hydrogen) atoms. The Bertz CT molecular complexity index is 414. The van der Waals surface area contributed by atoms with Gasteiger partial charge in [0.15, 0.2) is 0 Å². The number of hydrogen-bond acceptors (Lipinski definition) is 5. The van der Waals surface area contributed by atoms with Gasteiger partial charge in [-0.3, -0.25) is 5.32 Å². The number of aromatic nitrogens is 2. The van der Waals surface area contributed by atoms with Crippen LogP contribution in [0.4, 0.5) is 9.80 Å². The lowest BCUT2D eigenvalue weighted by atomic mass is 9.98. The maximum Gasteiger partial charge on any atom is 0.329 e. The summed E-state index contributed by atoms with van der Waals surface area (Å²) in [6, 6.07) is -0.527. The second kappa shape index (κ2) is 4.66. The Hall–Kier alpha value is -1.70. The molecule has 2 rings (SSSR count). The van der Waals surface area contributed by atoms with E-state index in [1.54, 1.807) is 0 Å². The second-order valence-corrected chi connectivity index (χ2v) is 4.74. The number of nitrogens with one attached hydrogen (secondary N) is 2. The molecule has 0 unspecified atom stereocenters. The van der Waals surface area contributed by atoms with E-state index in [1.165, 1.54) is 6.20 Å². The van der Waals surface area contributed by atoms with Crippen molar-refractivity contribution < 1.29 is 14.7 Å². The van der Waals surface area contributed by atoms with Crippen molar-refractivity contribution in [3.05, 3.63) is 6.20 Å². The van der Waals surface area contributed by atoms with Gasteiger partial charge in [-0.25, -0.2) is 9.59 Å². The summed E-state index contributed by atoms with van der Waals surface area (Å²) in [6.45, 7) is 0. The van der Waals surface area contributed by atoms with Gasteiger partial charge in [0.05, 0.1) is 6.20 Å². The number of amides is 2. The molecule has 3 N–H and O–H groups in total. The number of carboxylic acids is 1. The van der Waals surface area contributed by atoms with E-state index < -0.39 is 17.5 Å². The van der Waals surface area contributed by atoms with Crippen molar-refractivity contribution in [3.8, 4) is 0 Å². The molecule has 7 nitrogen and oxygen atoms in total. The maximum absolute atomic E-state index is 11.6. The Morgan fingerprint density at radius 1 is 1.41 bits per heavy atom. The molecule has 1 heterocycles. The number of hydrogen-bond donors (Lipinski definition) is 3. The largest absolute Gasteiger partial charge is 0.480 e. The molecule has 1 aliphatic carbocycles. The van der Waals surface area contributed by atoms with E-state index in [4.69, 9.17) is 0 Å². The summed E-state index contributed by atoms with van der Waals surface area (Å²) < 4.78 is 3.59. The standard InChI is InChI=1S/C9H12N4O3S/c14-7(15)9(3-1-2-4-9)12-8(16)11-6-5-10-13-17-6/h5H,1-4H2,(H,14,15)(H2,11,12,16). The van der Waals surface area contributed by atoms with Crippen molar-refractivity contribution in [1.82, 2.24) is 14.9 Å². The molecule has 0 radical (unpaired) electrons. The van der Waals surface area contributed by atoms with Gasteiger partial charge in [-0.15, -0.1) is 5.10 Å². The zero-order valence-electron chi connectivity index (χ0n) is 8.97. The third-order valence-electron chi connectivity index (χ3n) is 2.82. The highest BCUT2D eigenvalue weighted by molar-refractivity contribution is 7.10. The molecule has 0 atom stereocenters. The zero-order chi connectivity index (χ0) is 12.3. The SMILES string of the molecule is O=C(Nc1cnns1)NC1(C(=O)O)CCCC1. The Balaban J connectivity index is 1.99. The van der Waals surface area contributed by atoms with Gasteiger partial charge in [0.25, 0.3) is 0 Å². The van der Waals surface area contributed by atoms with Crippen LogP contribution in [0.3, 0.4) is 0 Å². The smallest absolute Gasteiger partial charge is 0.329 e. The molecule has 0 bridgehead atoms. The summed E-state index contributed by atoms with van der Waals surface area (Å²) in [4.78, 5) is 22.8. The van der Waals surface area contributed by atoms with E-state index in [0.717, 1.165) is 24.4 Å². The molecule has 0 saturated heterocycles. The first-order valence-corrected chi connectivity index (χ1v) is 6.00. The summed E-state index contributed by atoms with van der Waals surface area (Å²) in [6.07, 6.45) is 3.98. The number of nitrogens with zero attached hydrogens (tertiary/aromatic N) is 2. The van der Waals surface area contributed by atoms with Gasteiger partial charge < -0.3 is 10.4 Å². The molecule has 8 heteroatoms. The number of carboxylic acid groups (broad SMARTS) is 1. The number of aliphatic carboxylic acids is 1. The van der Waals surface area contributed by atoms with Crippen molar-refractivity contribution >= 4 is 28.5 Å². The molecule has 0 aromatic carbocycles. The van der Waals surface area contributed by atoms with Crippen LogP contribution in [0, 0.1) is 0 Å². The average Bonchev–Trinajstić information content (AvgIpc) is 2.89. The summed E-state index contributed by atoms with van der Waals surface area (Å²) >= 11 is 1.04. The van der Waals surface area contributed by atoms with Crippen LogP contribution in [0.5, 0.6) is 0 Å². The van der Waals surface area contributed by atoms with Crippen molar-refractivity contribution in [2.24, 2.45) is 0 Å². The molecule has 1 fully saturated rings. The van der Waals surface area contributed by atoms with E-state index >= 15 is 0 Å². The summed E-state index contributed by atoms with van der Waals surface area (Å²) in [5, 5.41) is 18.3. The van der Waals surface area contributed by atoms with E-state index in [1.807, 2.05) is 0 Å². The number of anilines is 1. The summed E-state index contributed by atoms with van der Waals surface area (Å²) in [5.41, 5.74) is -1.12. The third-order valence-corrected chi connectivity index (χ3v) is 3.40. The predicted molar refractivity (Wildman–Crippen MR) is 60.9 cm³/mol. The fraction of sp³-hybridized carbons (Fsp3) is 0.556. The van der Waals surface area contributed by atoms with Crippen molar-refractivity contribution in [2.75, 3.05) is 5.32 Å². The number of urea groups is 1. The summed E-state index contributed by atoms with van der Waals surface area (Å²) in [7, 11) is 0. The highest BCUT2D eigenvalue weighted by Crippen LogP contribution is 2.30. The molecule has 1 saturated carbocycles. The van der Waals surface area contributed by atoms with Crippen LogP contribution in [-0.2, 0) is 4.79 Å². The van der Waals surface area contributed by atoms with Gasteiger partial charge in [0, 0.05) is 11.5 Å². The molecule has 0 aliphatic heterocycles. The minimum atomic E-state index is -1.12. The lowest BCUT2D eigenvalue weighted by Crippen LogP contribution is -2.53. The predicted octanol–water partition coefficient (Wildman–Crippen LogP) is 1.06. The highest BCUT2D eigenvalue weighted by Gasteiger charge is 2.42. The number of rotatable bonds is 3. The Morgan fingerprint density at radius 3 is 2.65 bits per heavy atom. The van der Waals surface area contributed by atoms with Gasteiger partial charge in [-0.1, -0.05) is 17.3 Å². The normalized spacial score (nSPS) is 17.6. The molecular formula is C9H12N4O3S. The van der Waals surface area contributed by atoms with Gasteiger partial charge in [-0.05, 0) is 12.8 Å². The number of carbonyl (C=O) groups is 2. The average molecular weight is 256 g/mol. The fourth-order valence-electron chi connectivity index (χ4n) is 1.95. The first-order chi connectivity index (χ1) is 8.12. The van der Waals surface area contributed by atoms with Crippen LogP contribution in [0.1, 0.15) is 25.7 Å². The van der Waals surface area contributed by atoms with Crippen molar-refractivity contribution in [2.45, 2.75) is 31.2 Å². The van der Waals surface area contributed by atoms with Crippen LogP contribution in [0.25, 0.3) is 0 Å². The maximum atomic E-state index is 11.6. The Labute approximate surface area is 101 Å². The van der Waals surface area contributed by atoms with Gasteiger partial charge in [0.1, 0.15) is 10.5 Å². The molecule has 2 amide bonds. The van der Waals surface area contributed by atoms with Gasteiger partial charge >= 0.3 is 12.0 Å². The van der Waals surface area contributed by atoms with E-state index in [2.05, 4.69) is 20.2 Å². The Morgan fingerprint density at radius 2 is 2.12 bits per heavy atom. The first kappa shape index (κ1) is 11.8. The third kappa shape index (κ3) is 2.52. The van der Waals surface area contributed by atoms with Crippen LogP contribution in [0.15, 0.2) is 6.20 Å². The molecule has 92 valence electrons. The van der Waals surface area contributed by atoms with Crippen molar-refractivity contribution in [3.63, 3.8) is 0 Å². The topological polar surface area (TPSA) is 104 Å². The van der Waals surface area contributed by atoms with Crippen LogP contribution in [0.2, 0.25) is 0 Å². The minimum absolute atomic E-state index is 0.469. The molecule has 1 aliphatic rings. The Kier molecular flexibility index (Phi) is 3.23. The monoisotopic (exact) mass is 256 g/mol. The fourth-order valence-corrected chi connectivity index (χ4v) is 2.37. The van der Waals surface area contributed by atoms with Crippen LogP contribution in [-0.4, -0.2) is 32.2 Å². The highest BCUT2D eigenvalue weighted by atomic mass is 32.1. The molecular weight excluding hydrogens is 244 g/mol. The molecule has 0 spiro atoms. The van der Waals surface area contributed by atoms with Crippen LogP contribution < -0.4 is 10.6 Å². The van der Waals surface area contributed by atoms with Crippen LogP contribution >= 0.6 is 11.5 Å². The second-order valence-electron chi connectivity index (χ2n) is 3.96. The van der Waals surface area contributed by atoms with E-state index in [0.29, 0.717) is 17.8 Å². The van der Waals surface area contributed by atoms with Crippen molar-refractivity contribution in [1.29, 1.82) is 0 Å².